The summed E-state index contributed by atoms with van der Waals surface area (Å²) in [7, 11) is 0. The average molecular weight is 327 g/mol. The normalized spacial score (nSPS) is 24.2. The van der Waals surface area contributed by atoms with E-state index in [1.165, 1.54) is 55.0 Å². The molecular weight excluding hydrogens is 300 g/mol. The van der Waals surface area contributed by atoms with Crippen molar-refractivity contribution < 1.29 is 0 Å². The quantitative estimate of drug-likeness (QED) is 0.734. The molecule has 2 bridgehead atoms. The predicted octanol–water partition coefficient (Wildman–Crippen LogP) is 5.56. The Morgan fingerprint density at radius 1 is 1.09 bits per heavy atom. The Balaban J connectivity index is 1.52. The molecule has 1 aromatic carbocycles. The Bertz CT molecular complexity index is 647. The predicted molar refractivity (Wildman–Crippen MR) is 99.3 cm³/mol. The van der Waals surface area contributed by atoms with Gasteiger partial charge in [0.1, 0.15) is 0 Å². The number of hydrogen-bond donors (Lipinski definition) is 0. The van der Waals surface area contributed by atoms with Gasteiger partial charge in [0.25, 0.3) is 0 Å². The largest absolute Gasteiger partial charge is 0.348 e. The lowest BCUT2D eigenvalue weighted by atomic mass is 9.78. The van der Waals surface area contributed by atoms with Crippen molar-refractivity contribution in [3.8, 4) is 11.3 Å². The standard InChI is InChI=1S/C20H26N2S/c1-14(2)17-6-8-18(9-7-17)19-13-23-20(21-19)22-11-15-4-3-5-16(10-15)12-22/h6-9,13-16H,3-5,10-12H2,1-2H3. The summed E-state index contributed by atoms with van der Waals surface area (Å²) in [6.07, 6.45) is 5.73. The van der Waals surface area contributed by atoms with E-state index in [1.54, 1.807) is 0 Å². The van der Waals surface area contributed by atoms with Crippen molar-refractivity contribution in [1.82, 2.24) is 4.98 Å². The lowest BCUT2D eigenvalue weighted by Gasteiger charge is -2.41. The first-order chi connectivity index (χ1) is 11.2. The van der Waals surface area contributed by atoms with Gasteiger partial charge in [-0.3, -0.25) is 0 Å². The first-order valence-electron chi connectivity index (χ1n) is 9.00. The molecule has 1 aliphatic heterocycles. The van der Waals surface area contributed by atoms with Crippen LogP contribution in [0, 0.1) is 11.8 Å². The third-order valence-electron chi connectivity index (χ3n) is 5.48. The van der Waals surface area contributed by atoms with E-state index in [-0.39, 0.29) is 0 Å². The van der Waals surface area contributed by atoms with Crippen molar-refractivity contribution in [3.05, 3.63) is 35.2 Å². The molecule has 4 rings (SSSR count). The Kier molecular flexibility index (Phi) is 4.14. The molecule has 0 N–H and O–H groups in total. The molecule has 1 aromatic heterocycles. The molecule has 3 heteroatoms. The van der Waals surface area contributed by atoms with E-state index in [4.69, 9.17) is 4.98 Å². The number of fused-ring (bicyclic) bond motifs is 2. The van der Waals surface area contributed by atoms with E-state index < -0.39 is 0 Å². The fourth-order valence-corrected chi connectivity index (χ4v) is 5.02. The summed E-state index contributed by atoms with van der Waals surface area (Å²) in [5.74, 6) is 2.39. The van der Waals surface area contributed by atoms with Crippen LogP contribution in [0.15, 0.2) is 29.6 Å². The highest BCUT2D eigenvalue weighted by atomic mass is 32.1. The zero-order valence-corrected chi connectivity index (χ0v) is 15.0. The molecular formula is C20H26N2S. The van der Waals surface area contributed by atoms with Crippen molar-refractivity contribution in [2.24, 2.45) is 11.8 Å². The zero-order valence-electron chi connectivity index (χ0n) is 14.2. The van der Waals surface area contributed by atoms with Crippen LogP contribution in [0.5, 0.6) is 0 Å². The van der Waals surface area contributed by atoms with Gasteiger partial charge in [0, 0.05) is 24.0 Å². The van der Waals surface area contributed by atoms with Crippen LogP contribution in [0.2, 0.25) is 0 Å². The Hall–Kier alpha value is -1.35. The molecule has 1 aliphatic carbocycles. The molecule has 0 amide bonds. The molecule has 2 fully saturated rings. The highest BCUT2D eigenvalue weighted by Crippen LogP contribution is 2.38. The van der Waals surface area contributed by atoms with Gasteiger partial charge in [0.2, 0.25) is 0 Å². The smallest absolute Gasteiger partial charge is 0.185 e. The van der Waals surface area contributed by atoms with Gasteiger partial charge >= 0.3 is 0 Å². The maximum Gasteiger partial charge on any atom is 0.185 e. The molecule has 23 heavy (non-hydrogen) atoms. The monoisotopic (exact) mass is 326 g/mol. The van der Waals surface area contributed by atoms with Gasteiger partial charge in [0.05, 0.1) is 5.69 Å². The third kappa shape index (κ3) is 3.16. The van der Waals surface area contributed by atoms with Gasteiger partial charge in [-0.2, -0.15) is 0 Å². The molecule has 2 aromatic rings. The van der Waals surface area contributed by atoms with Crippen molar-refractivity contribution in [1.29, 1.82) is 0 Å². The Labute approximate surface area is 143 Å². The number of rotatable bonds is 3. The lowest BCUT2D eigenvalue weighted by Crippen LogP contribution is -2.42. The molecule has 122 valence electrons. The zero-order chi connectivity index (χ0) is 15.8. The van der Waals surface area contributed by atoms with E-state index in [1.807, 2.05) is 11.3 Å². The number of hydrogen-bond acceptors (Lipinski definition) is 3. The molecule has 0 radical (unpaired) electrons. The van der Waals surface area contributed by atoms with Crippen LogP contribution in [0.3, 0.4) is 0 Å². The fraction of sp³-hybridized carbons (Fsp3) is 0.550. The van der Waals surface area contributed by atoms with Gasteiger partial charge < -0.3 is 4.90 Å². The van der Waals surface area contributed by atoms with Crippen molar-refractivity contribution >= 4 is 16.5 Å². The van der Waals surface area contributed by atoms with Crippen LogP contribution in [0.25, 0.3) is 11.3 Å². The Morgan fingerprint density at radius 3 is 2.43 bits per heavy atom. The minimum atomic E-state index is 0.586. The molecule has 2 aliphatic rings. The van der Waals surface area contributed by atoms with E-state index in [0.29, 0.717) is 5.92 Å². The average Bonchev–Trinajstić information content (AvgIpc) is 3.04. The third-order valence-corrected chi connectivity index (χ3v) is 6.39. The van der Waals surface area contributed by atoms with Crippen LogP contribution in [0.4, 0.5) is 5.13 Å². The molecule has 2 heterocycles. The number of thiazole rings is 1. The van der Waals surface area contributed by atoms with Crippen LogP contribution in [-0.2, 0) is 0 Å². The van der Waals surface area contributed by atoms with Gasteiger partial charge in [-0.05, 0) is 42.6 Å². The number of aromatic nitrogens is 1. The molecule has 2 nitrogen and oxygen atoms in total. The Morgan fingerprint density at radius 2 is 1.78 bits per heavy atom. The van der Waals surface area contributed by atoms with Crippen LogP contribution >= 0.6 is 11.3 Å². The summed E-state index contributed by atoms with van der Waals surface area (Å²) in [6, 6.07) is 8.92. The number of benzene rings is 1. The maximum atomic E-state index is 4.95. The van der Waals surface area contributed by atoms with Crippen molar-refractivity contribution in [2.75, 3.05) is 18.0 Å². The SMILES string of the molecule is CC(C)c1ccc(-c2csc(N3CC4CCCC(C4)C3)n2)cc1. The minimum absolute atomic E-state index is 0.586. The number of piperidine rings is 1. The van der Waals surface area contributed by atoms with Crippen LogP contribution in [0.1, 0.15) is 51.0 Å². The first kappa shape index (κ1) is 15.2. The summed E-state index contributed by atoms with van der Waals surface area (Å²) in [4.78, 5) is 7.50. The van der Waals surface area contributed by atoms with E-state index in [2.05, 4.69) is 48.4 Å². The lowest BCUT2D eigenvalue weighted by molar-refractivity contribution is 0.231. The highest BCUT2D eigenvalue weighted by molar-refractivity contribution is 7.14. The minimum Gasteiger partial charge on any atom is -0.348 e. The first-order valence-corrected chi connectivity index (χ1v) is 9.88. The van der Waals surface area contributed by atoms with Gasteiger partial charge in [-0.25, -0.2) is 4.98 Å². The van der Waals surface area contributed by atoms with Crippen LogP contribution in [-0.4, -0.2) is 18.1 Å². The number of anilines is 1. The molecule has 1 saturated heterocycles. The second-order valence-corrected chi connectivity index (χ2v) is 8.43. The van der Waals surface area contributed by atoms with E-state index >= 15 is 0 Å². The second kappa shape index (κ2) is 6.27. The summed E-state index contributed by atoms with van der Waals surface area (Å²) in [5.41, 5.74) is 3.78. The molecule has 2 atom stereocenters. The number of nitrogens with zero attached hydrogens (tertiary/aromatic N) is 2. The summed E-state index contributed by atoms with van der Waals surface area (Å²) in [6.45, 7) is 6.91. The van der Waals surface area contributed by atoms with Crippen LogP contribution < -0.4 is 4.90 Å². The van der Waals surface area contributed by atoms with E-state index in [9.17, 15) is 0 Å². The topological polar surface area (TPSA) is 16.1 Å². The summed E-state index contributed by atoms with van der Waals surface area (Å²) >= 11 is 1.81. The van der Waals surface area contributed by atoms with Crippen molar-refractivity contribution in [2.45, 2.75) is 45.4 Å². The second-order valence-electron chi connectivity index (χ2n) is 7.60. The van der Waals surface area contributed by atoms with Crippen molar-refractivity contribution in [3.63, 3.8) is 0 Å². The van der Waals surface area contributed by atoms with Gasteiger partial charge in [-0.15, -0.1) is 11.3 Å². The fourth-order valence-electron chi connectivity index (χ4n) is 4.17. The summed E-state index contributed by atoms with van der Waals surface area (Å²) < 4.78 is 0. The molecule has 0 spiro atoms. The molecule has 1 saturated carbocycles. The molecule has 2 unspecified atom stereocenters. The summed E-state index contributed by atoms with van der Waals surface area (Å²) in [5, 5.41) is 3.45. The maximum absolute atomic E-state index is 4.95. The van der Waals surface area contributed by atoms with Gasteiger partial charge in [-0.1, -0.05) is 44.5 Å². The van der Waals surface area contributed by atoms with E-state index in [0.717, 1.165) is 17.5 Å². The van der Waals surface area contributed by atoms with Gasteiger partial charge in [0.15, 0.2) is 5.13 Å². The highest BCUT2D eigenvalue weighted by Gasteiger charge is 2.31.